The van der Waals surface area contributed by atoms with Crippen LogP contribution in [0.1, 0.15) is 31.2 Å². The van der Waals surface area contributed by atoms with Crippen molar-refractivity contribution in [3.63, 3.8) is 0 Å². The Kier molecular flexibility index (Phi) is 4.06. The van der Waals surface area contributed by atoms with E-state index in [0.29, 0.717) is 6.04 Å². The summed E-state index contributed by atoms with van der Waals surface area (Å²) in [5, 5.41) is 8.02. The van der Waals surface area contributed by atoms with E-state index in [1.54, 1.807) is 0 Å². The molecule has 1 atom stereocenters. The van der Waals surface area contributed by atoms with Gasteiger partial charge in [-0.05, 0) is 47.8 Å². The van der Waals surface area contributed by atoms with E-state index in [0.717, 1.165) is 37.1 Å². The Hall–Kier alpha value is -2.21. The predicted molar refractivity (Wildman–Crippen MR) is 86.7 cm³/mol. The molecule has 0 unspecified atom stereocenters. The average Bonchev–Trinajstić information content (AvgIpc) is 3.26. The molecule has 1 aromatic carbocycles. The number of hydrogen-bond acceptors (Lipinski definition) is 5. The van der Waals surface area contributed by atoms with E-state index >= 15 is 0 Å². The second-order valence-corrected chi connectivity index (χ2v) is 6.26. The molecule has 0 spiro atoms. The van der Waals surface area contributed by atoms with Crippen LogP contribution in [0.15, 0.2) is 41.5 Å². The number of nitrogens with zero attached hydrogens (tertiary/aromatic N) is 5. The third-order valence-electron chi connectivity index (χ3n) is 4.77. The summed E-state index contributed by atoms with van der Waals surface area (Å²) in [6.45, 7) is 3.09. The Bertz CT molecular complexity index is 751. The van der Waals surface area contributed by atoms with Crippen molar-refractivity contribution in [1.82, 2.24) is 24.8 Å². The zero-order chi connectivity index (χ0) is 15.5. The number of rotatable bonds is 5. The monoisotopic (exact) mass is 311 g/mol. The van der Waals surface area contributed by atoms with Crippen LogP contribution in [0.25, 0.3) is 11.0 Å². The molecule has 6 nitrogen and oxygen atoms in total. The molecule has 1 fully saturated rings. The topological polar surface area (TPSA) is 60.0 Å². The molecule has 120 valence electrons. The molecule has 0 radical (unpaired) electrons. The minimum atomic E-state index is 0.612. The van der Waals surface area contributed by atoms with E-state index < -0.39 is 0 Å². The van der Waals surface area contributed by atoms with Gasteiger partial charge in [-0.1, -0.05) is 18.6 Å². The Labute approximate surface area is 135 Å². The quantitative estimate of drug-likeness (QED) is 0.725. The van der Waals surface area contributed by atoms with Crippen LogP contribution in [-0.4, -0.2) is 37.4 Å². The highest BCUT2D eigenvalue weighted by atomic mass is 16.6. The second-order valence-electron chi connectivity index (χ2n) is 6.26. The van der Waals surface area contributed by atoms with Gasteiger partial charge >= 0.3 is 0 Å². The van der Waals surface area contributed by atoms with E-state index in [-0.39, 0.29) is 0 Å². The maximum Gasteiger partial charge on any atom is 0.139 e. The average molecular weight is 311 g/mol. The maximum absolute atomic E-state index is 4.89. The molecule has 1 aliphatic rings. The maximum atomic E-state index is 4.89. The number of benzene rings is 1. The molecule has 4 rings (SSSR count). The summed E-state index contributed by atoms with van der Waals surface area (Å²) >= 11 is 0. The standard InChI is InChI=1S/C17H21N5O/c1-2-9-22(15(5-1)7-10-21-11-8-18-13-21)12-14-4-3-6-16-17(14)20-23-19-16/h3-4,6,8,11,13,15H,1-2,5,7,9-10,12H2/t15-/m0/s1. The van der Waals surface area contributed by atoms with Crippen molar-refractivity contribution >= 4 is 11.0 Å². The van der Waals surface area contributed by atoms with Gasteiger partial charge in [-0.3, -0.25) is 4.90 Å². The molecule has 1 aliphatic heterocycles. The fraction of sp³-hybridized carbons (Fsp3) is 0.471. The lowest BCUT2D eigenvalue weighted by molar-refractivity contribution is 0.128. The van der Waals surface area contributed by atoms with E-state index in [4.69, 9.17) is 4.63 Å². The lowest BCUT2D eigenvalue weighted by Gasteiger charge is -2.36. The van der Waals surface area contributed by atoms with Crippen molar-refractivity contribution in [2.24, 2.45) is 0 Å². The summed E-state index contributed by atoms with van der Waals surface area (Å²) in [6, 6.07) is 6.73. The van der Waals surface area contributed by atoms with Crippen molar-refractivity contribution in [2.75, 3.05) is 6.54 Å². The van der Waals surface area contributed by atoms with Gasteiger partial charge in [0.05, 0.1) is 6.33 Å². The zero-order valence-electron chi connectivity index (χ0n) is 13.1. The van der Waals surface area contributed by atoms with Crippen LogP contribution < -0.4 is 0 Å². The minimum absolute atomic E-state index is 0.612. The van der Waals surface area contributed by atoms with Crippen LogP contribution >= 0.6 is 0 Å². The van der Waals surface area contributed by atoms with Crippen LogP contribution in [-0.2, 0) is 13.1 Å². The van der Waals surface area contributed by atoms with Crippen LogP contribution in [0.5, 0.6) is 0 Å². The Morgan fingerprint density at radius 1 is 1.22 bits per heavy atom. The molecular weight excluding hydrogens is 290 g/mol. The lowest BCUT2D eigenvalue weighted by atomic mass is 9.98. The van der Waals surface area contributed by atoms with Crippen molar-refractivity contribution in [3.05, 3.63) is 42.5 Å². The number of piperidine rings is 1. The van der Waals surface area contributed by atoms with E-state index in [1.807, 2.05) is 30.9 Å². The molecule has 0 bridgehead atoms. The van der Waals surface area contributed by atoms with E-state index in [9.17, 15) is 0 Å². The van der Waals surface area contributed by atoms with Gasteiger partial charge in [-0.2, -0.15) is 0 Å². The fourth-order valence-electron chi connectivity index (χ4n) is 3.52. The van der Waals surface area contributed by atoms with Crippen LogP contribution in [0, 0.1) is 0 Å². The fourth-order valence-corrected chi connectivity index (χ4v) is 3.52. The third-order valence-corrected chi connectivity index (χ3v) is 4.77. The Balaban J connectivity index is 1.48. The minimum Gasteiger partial charge on any atom is -0.337 e. The Morgan fingerprint density at radius 3 is 3.13 bits per heavy atom. The highest BCUT2D eigenvalue weighted by Gasteiger charge is 2.23. The first kappa shape index (κ1) is 14.4. The molecule has 3 aromatic rings. The van der Waals surface area contributed by atoms with Gasteiger partial charge in [-0.25, -0.2) is 9.61 Å². The largest absolute Gasteiger partial charge is 0.337 e. The second kappa shape index (κ2) is 6.50. The van der Waals surface area contributed by atoms with Gasteiger partial charge in [0.15, 0.2) is 0 Å². The van der Waals surface area contributed by atoms with E-state index in [1.165, 1.54) is 24.8 Å². The molecule has 3 heterocycles. The third kappa shape index (κ3) is 3.12. The Morgan fingerprint density at radius 2 is 2.22 bits per heavy atom. The van der Waals surface area contributed by atoms with Gasteiger partial charge < -0.3 is 4.57 Å². The summed E-state index contributed by atoms with van der Waals surface area (Å²) in [4.78, 5) is 6.71. The number of likely N-dealkylation sites (tertiary alicyclic amines) is 1. The van der Waals surface area contributed by atoms with Crippen LogP contribution in [0.3, 0.4) is 0 Å². The van der Waals surface area contributed by atoms with Crippen molar-refractivity contribution in [1.29, 1.82) is 0 Å². The molecule has 6 heteroatoms. The summed E-state index contributed by atoms with van der Waals surface area (Å²) < 4.78 is 7.05. The first-order chi connectivity index (χ1) is 11.4. The number of imidazole rings is 1. The predicted octanol–water partition coefficient (Wildman–Crippen LogP) is 2.86. The summed E-state index contributed by atoms with van der Waals surface area (Å²) in [6.07, 6.45) is 10.8. The normalized spacial score (nSPS) is 19.4. The van der Waals surface area contributed by atoms with Crippen molar-refractivity contribution < 1.29 is 4.63 Å². The molecule has 0 aliphatic carbocycles. The zero-order valence-corrected chi connectivity index (χ0v) is 13.1. The molecule has 23 heavy (non-hydrogen) atoms. The SMILES string of the molecule is c1cc(CN2CCCC[C@H]2CCn2ccnc2)c2nonc2c1. The summed E-state index contributed by atoms with van der Waals surface area (Å²) in [5.41, 5.74) is 2.94. The summed E-state index contributed by atoms with van der Waals surface area (Å²) in [7, 11) is 0. The van der Waals surface area contributed by atoms with Crippen molar-refractivity contribution in [3.8, 4) is 0 Å². The first-order valence-corrected chi connectivity index (χ1v) is 8.30. The molecule has 1 saturated heterocycles. The molecule has 0 N–H and O–H groups in total. The number of aromatic nitrogens is 4. The molecule has 0 amide bonds. The van der Waals surface area contributed by atoms with Crippen LogP contribution in [0.4, 0.5) is 0 Å². The summed E-state index contributed by atoms with van der Waals surface area (Å²) in [5.74, 6) is 0. The number of fused-ring (bicyclic) bond motifs is 1. The molecule has 2 aromatic heterocycles. The highest BCUT2D eigenvalue weighted by Crippen LogP contribution is 2.24. The van der Waals surface area contributed by atoms with Gasteiger partial charge in [-0.15, -0.1) is 0 Å². The highest BCUT2D eigenvalue weighted by molar-refractivity contribution is 5.76. The number of aryl methyl sites for hydroxylation is 1. The molecule has 0 saturated carbocycles. The first-order valence-electron chi connectivity index (χ1n) is 8.30. The smallest absolute Gasteiger partial charge is 0.139 e. The van der Waals surface area contributed by atoms with Gasteiger partial charge in [0.25, 0.3) is 0 Å². The molecular formula is C17H21N5O. The van der Waals surface area contributed by atoms with Crippen LogP contribution in [0.2, 0.25) is 0 Å². The van der Waals surface area contributed by atoms with Gasteiger partial charge in [0.2, 0.25) is 0 Å². The lowest BCUT2D eigenvalue weighted by Crippen LogP contribution is -2.39. The van der Waals surface area contributed by atoms with Crippen molar-refractivity contribution in [2.45, 2.75) is 44.8 Å². The van der Waals surface area contributed by atoms with E-state index in [2.05, 4.69) is 30.8 Å². The van der Waals surface area contributed by atoms with Gasteiger partial charge in [0, 0.05) is 31.5 Å². The number of hydrogen-bond donors (Lipinski definition) is 0. The van der Waals surface area contributed by atoms with Gasteiger partial charge in [0.1, 0.15) is 11.0 Å².